The molecule has 1 unspecified atom stereocenters. The largest absolute Gasteiger partial charge is 0.303 e. The molecule has 1 atom stereocenters. The summed E-state index contributed by atoms with van der Waals surface area (Å²) in [5.74, 6) is -0.0134. The summed E-state index contributed by atoms with van der Waals surface area (Å²) in [6, 6.07) is 20.8. The van der Waals surface area contributed by atoms with Crippen molar-refractivity contribution in [2.75, 3.05) is 19.6 Å². The average molecular weight is 367 g/mol. The maximum absolute atomic E-state index is 12.2. The molecule has 4 heteroatoms. The van der Waals surface area contributed by atoms with E-state index in [0.717, 1.165) is 44.5 Å². The number of hydroxylamine groups is 2. The highest BCUT2D eigenvalue weighted by atomic mass is 16.7. The van der Waals surface area contributed by atoms with E-state index in [4.69, 9.17) is 4.84 Å². The molecule has 1 heterocycles. The summed E-state index contributed by atoms with van der Waals surface area (Å²) in [5, 5.41) is 1.62. The number of nitrogens with zero attached hydrogens (tertiary/aromatic N) is 2. The third-order valence-electron chi connectivity index (χ3n) is 5.30. The van der Waals surface area contributed by atoms with Crippen LogP contribution in [0.4, 0.5) is 0 Å². The minimum atomic E-state index is -0.133. The van der Waals surface area contributed by atoms with Gasteiger partial charge in [0.2, 0.25) is 5.91 Å². The number of likely N-dealkylation sites (tertiary alicyclic amines) is 1. The fraction of sp³-hybridized carbons (Fsp3) is 0.435. The lowest BCUT2D eigenvalue weighted by Crippen LogP contribution is -2.47. The number of piperidine rings is 1. The van der Waals surface area contributed by atoms with Crippen LogP contribution in [0.3, 0.4) is 0 Å². The zero-order chi connectivity index (χ0) is 19.1. The Bertz CT molecular complexity index is 697. The predicted octanol–water partition coefficient (Wildman–Crippen LogP) is 4.23. The van der Waals surface area contributed by atoms with Gasteiger partial charge in [0.05, 0.1) is 6.04 Å². The first-order chi connectivity index (χ1) is 13.1. The first-order valence-corrected chi connectivity index (χ1v) is 9.91. The Morgan fingerprint density at radius 3 is 2.26 bits per heavy atom. The highest BCUT2D eigenvalue weighted by Gasteiger charge is 2.28. The summed E-state index contributed by atoms with van der Waals surface area (Å²) < 4.78 is 0. The molecule has 2 aromatic carbocycles. The summed E-state index contributed by atoms with van der Waals surface area (Å²) in [5.41, 5.74) is 2.47. The fourth-order valence-corrected chi connectivity index (χ4v) is 3.68. The average Bonchev–Trinajstić information content (AvgIpc) is 2.72. The highest BCUT2D eigenvalue weighted by Crippen LogP contribution is 2.23. The third-order valence-corrected chi connectivity index (χ3v) is 5.30. The van der Waals surface area contributed by atoms with E-state index in [1.54, 1.807) is 12.0 Å². The molecule has 0 radical (unpaired) electrons. The SMILES string of the molecule is CC(=O)N(OC(C)c1ccccc1)C1CCN(CCc2ccccc2)CC1. The standard InChI is InChI=1S/C23H30N2O2/c1-19(22-11-7-4-8-12-22)27-25(20(2)26)23-14-17-24(18-15-23)16-13-21-9-5-3-6-10-21/h3-12,19,23H,13-18H2,1-2H3. The van der Waals surface area contributed by atoms with Gasteiger partial charge in [-0.2, -0.15) is 0 Å². The van der Waals surface area contributed by atoms with E-state index in [9.17, 15) is 4.79 Å². The fourth-order valence-electron chi connectivity index (χ4n) is 3.68. The summed E-state index contributed by atoms with van der Waals surface area (Å²) in [6.07, 6.45) is 2.85. The van der Waals surface area contributed by atoms with Crippen molar-refractivity contribution >= 4 is 5.91 Å². The number of benzene rings is 2. The zero-order valence-corrected chi connectivity index (χ0v) is 16.4. The van der Waals surface area contributed by atoms with Gasteiger partial charge in [0.25, 0.3) is 0 Å². The van der Waals surface area contributed by atoms with Gasteiger partial charge in [-0.1, -0.05) is 60.7 Å². The van der Waals surface area contributed by atoms with Crippen molar-refractivity contribution in [1.82, 2.24) is 9.96 Å². The summed E-state index contributed by atoms with van der Waals surface area (Å²) >= 11 is 0. The van der Waals surface area contributed by atoms with E-state index in [2.05, 4.69) is 35.2 Å². The molecule has 0 aromatic heterocycles. The van der Waals surface area contributed by atoms with Crippen molar-refractivity contribution in [3.63, 3.8) is 0 Å². The Hall–Kier alpha value is -2.17. The first-order valence-electron chi connectivity index (χ1n) is 9.91. The highest BCUT2D eigenvalue weighted by molar-refractivity contribution is 5.72. The Labute approximate surface area is 162 Å². The van der Waals surface area contributed by atoms with Crippen LogP contribution in [-0.2, 0) is 16.1 Å². The van der Waals surface area contributed by atoms with Gasteiger partial charge in [-0.15, -0.1) is 0 Å². The molecule has 3 rings (SSSR count). The molecule has 0 aliphatic carbocycles. The number of carbonyl (C=O) groups is 1. The summed E-state index contributed by atoms with van der Waals surface area (Å²) in [6.45, 7) is 6.67. The van der Waals surface area contributed by atoms with E-state index in [1.807, 2.05) is 37.3 Å². The second-order valence-corrected chi connectivity index (χ2v) is 7.31. The van der Waals surface area contributed by atoms with Crippen LogP contribution < -0.4 is 0 Å². The number of carbonyl (C=O) groups excluding carboxylic acids is 1. The molecule has 0 spiro atoms. The zero-order valence-electron chi connectivity index (χ0n) is 16.4. The van der Waals surface area contributed by atoms with Crippen molar-refractivity contribution in [3.8, 4) is 0 Å². The van der Waals surface area contributed by atoms with Crippen molar-refractivity contribution in [2.45, 2.75) is 45.3 Å². The lowest BCUT2D eigenvalue weighted by atomic mass is 10.0. The van der Waals surface area contributed by atoms with E-state index in [0.29, 0.717) is 0 Å². The number of rotatable bonds is 7. The lowest BCUT2D eigenvalue weighted by molar-refractivity contribution is -0.223. The molecule has 1 fully saturated rings. The van der Waals surface area contributed by atoms with Gasteiger partial charge in [-0.25, -0.2) is 5.06 Å². The number of hydrogen-bond donors (Lipinski definition) is 0. The van der Waals surface area contributed by atoms with Crippen LogP contribution in [0.15, 0.2) is 60.7 Å². The van der Waals surface area contributed by atoms with Crippen molar-refractivity contribution in [2.24, 2.45) is 0 Å². The molecule has 4 nitrogen and oxygen atoms in total. The van der Waals surface area contributed by atoms with Crippen molar-refractivity contribution in [1.29, 1.82) is 0 Å². The third kappa shape index (κ3) is 5.65. The predicted molar refractivity (Wildman–Crippen MR) is 108 cm³/mol. The van der Waals surface area contributed by atoms with Gasteiger partial charge < -0.3 is 4.90 Å². The summed E-state index contributed by atoms with van der Waals surface area (Å²) in [4.78, 5) is 20.7. The Morgan fingerprint density at radius 1 is 1.07 bits per heavy atom. The van der Waals surface area contributed by atoms with Crippen LogP contribution in [-0.4, -0.2) is 41.5 Å². The molecule has 0 saturated carbocycles. The second-order valence-electron chi connectivity index (χ2n) is 7.31. The monoisotopic (exact) mass is 366 g/mol. The van der Waals surface area contributed by atoms with Crippen LogP contribution in [0, 0.1) is 0 Å². The van der Waals surface area contributed by atoms with Crippen LogP contribution in [0.2, 0.25) is 0 Å². The van der Waals surface area contributed by atoms with Gasteiger partial charge in [0.1, 0.15) is 6.10 Å². The topological polar surface area (TPSA) is 32.8 Å². The van der Waals surface area contributed by atoms with Crippen LogP contribution in [0.5, 0.6) is 0 Å². The maximum Gasteiger partial charge on any atom is 0.243 e. The van der Waals surface area contributed by atoms with Gasteiger partial charge >= 0.3 is 0 Å². The van der Waals surface area contributed by atoms with Gasteiger partial charge in [-0.05, 0) is 37.3 Å². The molecule has 0 bridgehead atoms. The quantitative estimate of drug-likeness (QED) is 0.687. The molecular weight excluding hydrogens is 336 g/mol. The second kappa shape index (κ2) is 9.67. The molecular formula is C23H30N2O2. The van der Waals surface area contributed by atoms with E-state index < -0.39 is 0 Å². The van der Waals surface area contributed by atoms with Gasteiger partial charge in [-0.3, -0.25) is 9.63 Å². The normalized spacial score (nSPS) is 16.8. The first kappa shape index (κ1) is 19.6. The lowest BCUT2D eigenvalue weighted by Gasteiger charge is -2.38. The molecule has 0 N–H and O–H groups in total. The molecule has 1 amide bonds. The van der Waals surface area contributed by atoms with Crippen LogP contribution in [0.1, 0.15) is 43.9 Å². The summed E-state index contributed by atoms with van der Waals surface area (Å²) in [7, 11) is 0. The maximum atomic E-state index is 12.2. The minimum absolute atomic E-state index is 0.0134. The molecule has 2 aromatic rings. The Balaban J connectivity index is 1.50. The molecule has 27 heavy (non-hydrogen) atoms. The van der Waals surface area contributed by atoms with Crippen LogP contribution >= 0.6 is 0 Å². The Kier molecular flexibility index (Phi) is 7.02. The van der Waals surface area contributed by atoms with Gasteiger partial charge in [0.15, 0.2) is 0 Å². The molecule has 144 valence electrons. The van der Waals surface area contributed by atoms with Crippen LogP contribution in [0.25, 0.3) is 0 Å². The number of amides is 1. The molecule has 1 aliphatic heterocycles. The van der Waals surface area contributed by atoms with Gasteiger partial charge in [0, 0.05) is 26.6 Å². The number of hydrogen-bond acceptors (Lipinski definition) is 3. The Morgan fingerprint density at radius 2 is 1.67 bits per heavy atom. The van der Waals surface area contributed by atoms with Crippen molar-refractivity contribution in [3.05, 3.63) is 71.8 Å². The molecule has 1 saturated heterocycles. The smallest absolute Gasteiger partial charge is 0.243 e. The van der Waals surface area contributed by atoms with E-state index in [1.165, 1.54) is 5.56 Å². The molecule has 1 aliphatic rings. The van der Waals surface area contributed by atoms with E-state index >= 15 is 0 Å². The van der Waals surface area contributed by atoms with E-state index in [-0.39, 0.29) is 18.1 Å². The van der Waals surface area contributed by atoms with Crippen molar-refractivity contribution < 1.29 is 9.63 Å². The minimum Gasteiger partial charge on any atom is -0.303 e.